The zero-order valence-electron chi connectivity index (χ0n) is 22.1. The van der Waals surface area contributed by atoms with Crippen molar-refractivity contribution in [2.45, 2.75) is 70.2 Å². The lowest BCUT2D eigenvalue weighted by Crippen LogP contribution is -2.45. The summed E-state index contributed by atoms with van der Waals surface area (Å²) in [5, 5.41) is 3.39. The Kier molecular flexibility index (Phi) is 11.4. The molecule has 1 N–H and O–H groups in total. The molecule has 2 fully saturated rings. The number of hydrogen-bond acceptors (Lipinski definition) is 8. The molecule has 2 aliphatic rings. The predicted molar refractivity (Wildman–Crippen MR) is 145 cm³/mol. The van der Waals surface area contributed by atoms with Crippen molar-refractivity contribution in [2.24, 2.45) is 0 Å². The van der Waals surface area contributed by atoms with Crippen molar-refractivity contribution >= 4 is 38.1 Å². The number of likely N-dealkylation sites (tertiary alicyclic amines) is 1. The molecule has 4 rings (SSSR count). The van der Waals surface area contributed by atoms with Crippen LogP contribution in [0.4, 0.5) is 19.6 Å². The molecule has 12 heteroatoms. The highest BCUT2D eigenvalue weighted by molar-refractivity contribution is 7.90. The SMILES string of the molecule is C=CNc1cc(F)c(S(C)(=O)=O)cc1F.CC.CC(C)c1nsc(N2CCC(N3CCCC3=O)CC2)n1. The minimum Gasteiger partial charge on any atom is -0.360 e. The Bertz CT molecular complexity index is 1160. The van der Waals surface area contributed by atoms with Gasteiger partial charge in [-0.25, -0.2) is 22.2 Å². The van der Waals surface area contributed by atoms with E-state index in [1.807, 2.05) is 13.8 Å². The number of rotatable bonds is 6. The number of sulfone groups is 1. The molecule has 1 amide bonds. The number of nitrogens with one attached hydrogen (secondary N) is 1. The summed E-state index contributed by atoms with van der Waals surface area (Å²) in [7, 11) is -3.76. The van der Waals surface area contributed by atoms with E-state index in [4.69, 9.17) is 0 Å². The van der Waals surface area contributed by atoms with E-state index in [0.29, 0.717) is 23.9 Å². The number of amides is 1. The molecule has 2 aliphatic heterocycles. The molecule has 8 nitrogen and oxygen atoms in total. The third-order valence-corrected chi connectivity index (χ3v) is 7.81. The molecule has 1 aromatic carbocycles. The standard InChI is InChI=1S/C14H22N4OS.C9H9F2NO2S.C2H6/c1-10(2)13-15-14(20-16-13)17-8-5-11(6-9-17)18-7-3-4-12(18)19;1-3-12-8-4-7(11)9(5-6(8)10)15(2,13)14;1-2/h10-11H,3-9H2,1-2H3;3-5,12H,1H2,2H3;1-2H3. The van der Waals surface area contributed by atoms with Crippen molar-refractivity contribution in [3.05, 3.63) is 42.4 Å². The molecule has 1 aromatic heterocycles. The normalized spacial score (nSPS) is 16.2. The molecular weight excluding hydrogens is 520 g/mol. The van der Waals surface area contributed by atoms with Crippen LogP contribution in [-0.4, -0.2) is 60.5 Å². The summed E-state index contributed by atoms with van der Waals surface area (Å²) >= 11 is 1.50. The van der Waals surface area contributed by atoms with Crippen molar-refractivity contribution in [2.75, 3.05) is 36.1 Å². The molecule has 0 spiro atoms. The first-order chi connectivity index (χ1) is 17.5. The van der Waals surface area contributed by atoms with Crippen molar-refractivity contribution in [1.29, 1.82) is 0 Å². The predicted octanol–water partition coefficient (Wildman–Crippen LogP) is 5.20. The van der Waals surface area contributed by atoms with Crippen LogP contribution in [0.25, 0.3) is 0 Å². The highest BCUT2D eigenvalue weighted by Crippen LogP contribution is 2.28. The molecule has 0 radical (unpaired) electrons. The fourth-order valence-electron chi connectivity index (χ4n) is 4.05. The Hall–Kier alpha value is -2.60. The molecule has 0 aliphatic carbocycles. The van der Waals surface area contributed by atoms with E-state index >= 15 is 0 Å². The van der Waals surface area contributed by atoms with Crippen LogP contribution in [0, 0.1) is 11.6 Å². The summed E-state index contributed by atoms with van der Waals surface area (Å²) in [6.45, 7) is 14.5. The van der Waals surface area contributed by atoms with Crippen LogP contribution in [-0.2, 0) is 14.6 Å². The molecule has 0 saturated carbocycles. The molecule has 2 aromatic rings. The van der Waals surface area contributed by atoms with Gasteiger partial charge in [-0.3, -0.25) is 4.79 Å². The Labute approximate surface area is 222 Å². The maximum Gasteiger partial charge on any atom is 0.222 e. The smallest absolute Gasteiger partial charge is 0.222 e. The second-order valence-electron chi connectivity index (χ2n) is 8.88. The monoisotopic (exact) mass is 557 g/mol. The van der Waals surface area contributed by atoms with Crippen LogP contribution in [0.2, 0.25) is 0 Å². The van der Waals surface area contributed by atoms with Crippen LogP contribution >= 0.6 is 11.5 Å². The largest absolute Gasteiger partial charge is 0.360 e. The topological polar surface area (TPSA) is 95.5 Å². The second-order valence-corrected chi connectivity index (χ2v) is 11.6. The summed E-state index contributed by atoms with van der Waals surface area (Å²) in [5.41, 5.74) is -0.157. The second kappa shape index (κ2) is 13.8. The van der Waals surface area contributed by atoms with Gasteiger partial charge >= 0.3 is 0 Å². The van der Waals surface area contributed by atoms with Gasteiger partial charge in [0.1, 0.15) is 22.4 Å². The van der Waals surface area contributed by atoms with E-state index in [1.165, 1.54) is 11.5 Å². The minimum atomic E-state index is -3.76. The lowest BCUT2D eigenvalue weighted by atomic mass is 10.0. The quantitative estimate of drug-likeness (QED) is 0.521. The Morgan fingerprint density at radius 3 is 2.30 bits per heavy atom. The zero-order valence-corrected chi connectivity index (χ0v) is 23.8. The number of halogens is 2. The number of benzene rings is 1. The molecular formula is C25H37F2N5O3S2. The molecule has 206 valence electrons. The molecule has 0 unspecified atom stereocenters. The van der Waals surface area contributed by atoms with E-state index in [2.05, 4.69) is 44.9 Å². The first kappa shape index (κ1) is 30.6. The highest BCUT2D eigenvalue weighted by Gasteiger charge is 2.31. The fraction of sp³-hybridized carbons (Fsp3) is 0.560. The summed E-state index contributed by atoms with van der Waals surface area (Å²) < 4.78 is 52.9. The number of carbonyl (C=O) groups is 1. The average molecular weight is 558 g/mol. The van der Waals surface area contributed by atoms with Gasteiger partial charge in [0.25, 0.3) is 0 Å². The van der Waals surface area contributed by atoms with Gasteiger partial charge in [-0.15, -0.1) is 0 Å². The van der Waals surface area contributed by atoms with Crippen LogP contribution in [0.3, 0.4) is 0 Å². The van der Waals surface area contributed by atoms with Crippen molar-refractivity contribution in [3.8, 4) is 0 Å². The van der Waals surface area contributed by atoms with Crippen LogP contribution < -0.4 is 10.2 Å². The first-order valence-corrected chi connectivity index (χ1v) is 15.1. The van der Waals surface area contributed by atoms with Gasteiger partial charge in [-0.05, 0) is 31.5 Å². The van der Waals surface area contributed by atoms with Gasteiger partial charge in [0, 0.05) is 61.9 Å². The molecule has 2 saturated heterocycles. The lowest BCUT2D eigenvalue weighted by Gasteiger charge is -2.36. The van der Waals surface area contributed by atoms with Gasteiger partial charge in [-0.1, -0.05) is 34.3 Å². The lowest BCUT2D eigenvalue weighted by molar-refractivity contribution is -0.130. The van der Waals surface area contributed by atoms with E-state index in [9.17, 15) is 22.0 Å². The summed E-state index contributed by atoms with van der Waals surface area (Å²) in [4.78, 5) is 20.2. The fourth-order valence-corrected chi connectivity index (χ4v) is 5.64. The third-order valence-electron chi connectivity index (χ3n) is 5.91. The van der Waals surface area contributed by atoms with Crippen molar-refractivity contribution < 1.29 is 22.0 Å². The van der Waals surface area contributed by atoms with Crippen LogP contribution in [0.5, 0.6) is 0 Å². The van der Waals surface area contributed by atoms with Crippen molar-refractivity contribution in [3.63, 3.8) is 0 Å². The van der Waals surface area contributed by atoms with Gasteiger partial charge in [-0.2, -0.15) is 4.37 Å². The number of anilines is 2. The Morgan fingerprint density at radius 1 is 1.16 bits per heavy atom. The minimum absolute atomic E-state index is 0.157. The summed E-state index contributed by atoms with van der Waals surface area (Å²) in [6.07, 6.45) is 5.87. The van der Waals surface area contributed by atoms with Gasteiger partial charge in [0.05, 0.1) is 5.69 Å². The highest BCUT2D eigenvalue weighted by atomic mass is 32.2. The van der Waals surface area contributed by atoms with E-state index in [1.54, 1.807) is 0 Å². The van der Waals surface area contributed by atoms with Gasteiger partial charge in [0.2, 0.25) is 11.0 Å². The first-order valence-electron chi connectivity index (χ1n) is 12.5. The average Bonchev–Trinajstić information content (AvgIpc) is 3.52. The maximum absolute atomic E-state index is 13.2. The Balaban J connectivity index is 0.000000254. The number of nitrogens with zero attached hydrogens (tertiary/aromatic N) is 4. The zero-order chi connectivity index (χ0) is 27.8. The van der Waals surface area contributed by atoms with Crippen molar-refractivity contribution in [1.82, 2.24) is 14.3 Å². The summed E-state index contributed by atoms with van der Waals surface area (Å²) in [6, 6.07) is 1.85. The number of carbonyl (C=O) groups excluding carboxylic acids is 1. The summed E-state index contributed by atoms with van der Waals surface area (Å²) in [5.74, 6) is -0.164. The molecule has 3 heterocycles. The maximum atomic E-state index is 13.2. The molecule has 0 atom stereocenters. The molecule has 37 heavy (non-hydrogen) atoms. The van der Waals surface area contributed by atoms with Gasteiger partial charge in [0.15, 0.2) is 9.84 Å². The number of aromatic nitrogens is 2. The number of hydrogen-bond donors (Lipinski definition) is 1. The Morgan fingerprint density at radius 2 is 1.81 bits per heavy atom. The van der Waals surface area contributed by atoms with E-state index in [-0.39, 0.29) is 5.69 Å². The van der Waals surface area contributed by atoms with E-state index in [0.717, 1.165) is 74.8 Å². The third kappa shape index (κ3) is 8.19. The van der Waals surface area contributed by atoms with Gasteiger partial charge < -0.3 is 15.1 Å². The van der Waals surface area contributed by atoms with Crippen LogP contribution in [0.1, 0.15) is 65.1 Å². The van der Waals surface area contributed by atoms with E-state index < -0.39 is 26.4 Å². The number of piperidine rings is 1. The molecule has 0 bridgehead atoms. The van der Waals surface area contributed by atoms with Crippen LogP contribution in [0.15, 0.2) is 29.8 Å².